The van der Waals surface area contributed by atoms with Crippen LogP contribution in [0.2, 0.25) is 0 Å². The summed E-state index contributed by atoms with van der Waals surface area (Å²) >= 11 is 0. The van der Waals surface area contributed by atoms with Crippen molar-refractivity contribution < 1.29 is 4.79 Å². The Balaban J connectivity index is 1.37. The molecule has 3 rings (SSSR count). The van der Waals surface area contributed by atoms with Crippen LogP contribution >= 0.6 is 0 Å². The lowest BCUT2D eigenvalue weighted by molar-refractivity contribution is -0.121. The van der Waals surface area contributed by atoms with Gasteiger partial charge in [-0.05, 0) is 49.3 Å². The van der Waals surface area contributed by atoms with Crippen LogP contribution in [0.15, 0.2) is 36.9 Å². The summed E-state index contributed by atoms with van der Waals surface area (Å²) in [4.78, 5) is 27.1. The smallest absolute Gasteiger partial charge is 0.220 e. The van der Waals surface area contributed by atoms with Crippen molar-refractivity contribution in [2.24, 2.45) is 5.92 Å². The third-order valence-electron chi connectivity index (χ3n) is 5.17. The fourth-order valence-electron chi connectivity index (χ4n) is 3.45. The standard InChI is InChI=1S/C21H30N6O/c1-2-9-23-19-14-20(26-16-25-19)27-12-7-17(8-13-27)3-4-21(28)24-15-18-5-10-22-11-6-18/h5-6,10-11,14,16-17H,2-4,7-9,12-13,15H2,1H3,(H,24,28)(H,23,25,26). The van der Waals surface area contributed by atoms with Gasteiger partial charge in [0.15, 0.2) is 0 Å². The Morgan fingerprint density at radius 3 is 2.75 bits per heavy atom. The highest BCUT2D eigenvalue weighted by molar-refractivity contribution is 5.75. The summed E-state index contributed by atoms with van der Waals surface area (Å²) in [6.07, 6.45) is 9.93. The summed E-state index contributed by atoms with van der Waals surface area (Å²) in [7, 11) is 0. The van der Waals surface area contributed by atoms with Gasteiger partial charge in [-0.15, -0.1) is 0 Å². The van der Waals surface area contributed by atoms with Crippen molar-refractivity contribution in [3.8, 4) is 0 Å². The van der Waals surface area contributed by atoms with Crippen LogP contribution in [0.5, 0.6) is 0 Å². The van der Waals surface area contributed by atoms with Crippen LogP contribution in [0.1, 0.15) is 44.6 Å². The van der Waals surface area contributed by atoms with Crippen LogP contribution in [0.25, 0.3) is 0 Å². The number of hydrogen-bond donors (Lipinski definition) is 2. The van der Waals surface area contributed by atoms with Crippen LogP contribution in [-0.2, 0) is 11.3 Å². The lowest BCUT2D eigenvalue weighted by Gasteiger charge is -2.32. The quantitative estimate of drug-likeness (QED) is 0.694. The molecule has 0 bridgehead atoms. The van der Waals surface area contributed by atoms with Crippen molar-refractivity contribution in [3.63, 3.8) is 0 Å². The van der Waals surface area contributed by atoms with Gasteiger partial charge >= 0.3 is 0 Å². The Hall–Kier alpha value is -2.70. The summed E-state index contributed by atoms with van der Waals surface area (Å²) in [5.74, 6) is 2.60. The van der Waals surface area contributed by atoms with Crippen molar-refractivity contribution in [3.05, 3.63) is 42.5 Å². The molecule has 0 unspecified atom stereocenters. The number of pyridine rings is 1. The highest BCUT2D eigenvalue weighted by Crippen LogP contribution is 2.25. The Morgan fingerprint density at radius 2 is 2.00 bits per heavy atom. The number of amides is 1. The molecule has 2 aromatic rings. The molecular formula is C21H30N6O. The molecule has 0 spiro atoms. The molecule has 150 valence electrons. The molecule has 1 aliphatic heterocycles. The van der Waals surface area contributed by atoms with Gasteiger partial charge in [0.05, 0.1) is 0 Å². The van der Waals surface area contributed by atoms with Gasteiger partial charge in [-0.2, -0.15) is 0 Å². The maximum absolute atomic E-state index is 12.1. The molecule has 0 aliphatic carbocycles. The monoisotopic (exact) mass is 382 g/mol. The number of nitrogens with one attached hydrogen (secondary N) is 2. The predicted octanol–water partition coefficient (Wildman–Crippen LogP) is 3.01. The number of nitrogens with zero attached hydrogens (tertiary/aromatic N) is 4. The van der Waals surface area contributed by atoms with Crippen LogP contribution in [0.3, 0.4) is 0 Å². The molecule has 3 heterocycles. The second-order valence-corrected chi connectivity index (χ2v) is 7.29. The largest absolute Gasteiger partial charge is 0.370 e. The van der Waals surface area contributed by atoms with E-state index in [-0.39, 0.29) is 5.91 Å². The Morgan fingerprint density at radius 1 is 1.21 bits per heavy atom. The fourth-order valence-corrected chi connectivity index (χ4v) is 3.45. The number of carbonyl (C=O) groups is 1. The summed E-state index contributed by atoms with van der Waals surface area (Å²) in [5, 5.41) is 6.31. The average molecular weight is 383 g/mol. The molecule has 1 aliphatic rings. The number of rotatable bonds is 9. The van der Waals surface area contributed by atoms with E-state index in [4.69, 9.17) is 0 Å². The molecule has 0 radical (unpaired) electrons. The maximum atomic E-state index is 12.1. The van der Waals surface area contributed by atoms with Crippen molar-refractivity contribution in [1.82, 2.24) is 20.3 Å². The second-order valence-electron chi connectivity index (χ2n) is 7.29. The molecular weight excluding hydrogens is 352 g/mol. The first-order chi connectivity index (χ1) is 13.7. The van der Waals surface area contributed by atoms with Crippen molar-refractivity contribution in [2.45, 2.75) is 45.6 Å². The lowest BCUT2D eigenvalue weighted by atomic mass is 9.92. The molecule has 1 fully saturated rings. The zero-order chi connectivity index (χ0) is 19.6. The molecule has 0 saturated carbocycles. The normalized spacial score (nSPS) is 14.7. The Kier molecular flexibility index (Phi) is 7.58. The van der Waals surface area contributed by atoms with Gasteiger partial charge in [0.25, 0.3) is 0 Å². The van der Waals surface area contributed by atoms with Crippen LogP contribution in [0, 0.1) is 5.92 Å². The van der Waals surface area contributed by atoms with Gasteiger partial charge < -0.3 is 15.5 Å². The van der Waals surface area contributed by atoms with E-state index in [1.54, 1.807) is 18.7 Å². The van der Waals surface area contributed by atoms with E-state index in [1.807, 2.05) is 18.2 Å². The number of carbonyl (C=O) groups excluding carboxylic acids is 1. The molecule has 0 aromatic carbocycles. The van der Waals surface area contributed by atoms with Crippen molar-refractivity contribution >= 4 is 17.5 Å². The van der Waals surface area contributed by atoms with Gasteiger partial charge in [-0.1, -0.05) is 6.92 Å². The lowest BCUT2D eigenvalue weighted by Crippen LogP contribution is -2.34. The van der Waals surface area contributed by atoms with E-state index in [9.17, 15) is 4.79 Å². The zero-order valence-corrected chi connectivity index (χ0v) is 16.6. The minimum atomic E-state index is 0.127. The number of anilines is 2. The molecule has 1 saturated heterocycles. The molecule has 2 N–H and O–H groups in total. The molecule has 28 heavy (non-hydrogen) atoms. The number of hydrogen-bond acceptors (Lipinski definition) is 6. The summed E-state index contributed by atoms with van der Waals surface area (Å²) in [6.45, 7) is 5.59. The van der Waals surface area contributed by atoms with Gasteiger partial charge in [0.1, 0.15) is 18.0 Å². The SMILES string of the molecule is CCCNc1cc(N2CCC(CCC(=O)NCc3ccncc3)CC2)ncn1. The molecule has 1 amide bonds. The van der Waals surface area contributed by atoms with Crippen LogP contribution in [0.4, 0.5) is 11.6 Å². The van der Waals surface area contributed by atoms with Gasteiger partial charge in [-0.25, -0.2) is 9.97 Å². The van der Waals surface area contributed by atoms with E-state index in [0.717, 1.165) is 62.5 Å². The summed E-state index contributed by atoms with van der Waals surface area (Å²) in [5.41, 5.74) is 1.08. The Bertz CT molecular complexity index is 731. The minimum absolute atomic E-state index is 0.127. The summed E-state index contributed by atoms with van der Waals surface area (Å²) < 4.78 is 0. The highest BCUT2D eigenvalue weighted by atomic mass is 16.1. The van der Waals surface area contributed by atoms with Crippen LogP contribution < -0.4 is 15.5 Å². The highest BCUT2D eigenvalue weighted by Gasteiger charge is 2.21. The first kappa shape index (κ1) is 20.0. The van der Waals surface area contributed by atoms with E-state index in [1.165, 1.54) is 0 Å². The number of piperidine rings is 1. The topological polar surface area (TPSA) is 83.0 Å². The predicted molar refractivity (Wildman–Crippen MR) is 111 cm³/mol. The third-order valence-corrected chi connectivity index (χ3v) is 5.17. The third kappa shape index (κ3) is 6.18. The molecule has 0 atom stereocenters. The van der Waals surface area contributed by atoms with E-state index >= 15 is 0 Å². The first-order valence-electron chi connectivity index (χ1n) is 10.2. The fraction of sp³-hybridized carbons (Fsp3) is 0.524. The maximum Gasteiger partial charge on any atom is 0.220 e. The average Bonchev–Trinajstić information content (AvgIpc) is 2.76. The van der Waals surface area contributed by atoms with Crippen molar-refractivity contribution in [1.29, 1.82) is 0 Å². The second kappa shape index (κ2) is 10.6. The molecule has 7 heteroatoms. The Labute approximate surface area is 167 Å². The van der Waals surface area contributed by atoms with E-state index in [0.29, 0.717) is 18.9 Å². The van der Waals surface area contributed by atoms with Gasteiger partial charge in [0.2, 0.25) is 5.91 Å². The van der Waals surface area contributed by atoms with Crippen LogP contribution in [-0.4, -0.2) is 40.5 Å². The van der Waals surface area contributed by atoms with Crippen molar-refractivity contribution in [2.75, 3.05) is 29.9 Å². The summed E-state index contributed by atoms with van der Waals surface area (Å²) in [6, 6.07) is 5.88. The zero-order valence-electron chi connectivity index (χ0n) is 16.6. The molecule has 7 nitrogen and oxygen atoms in total. The van der Waals surface area contributed by atoms with E-state index < -0.39 is 0 Å². The first-order valence-corrected chi connectivity index (χ1v) is 10.2. The number of aromatic nitrogens is 3. The minimum Gasteiger partial charge on any atom is -0.370 e. The van der Waals surface area contributed by atoms with Gasteiger partial charge in [-0.3, -0.25) is 9.78 Å². The van der Waals surface area contributed by atoms with Gasteiger partial charge in [0, 0.05) is 51.1 Å². The molecule has 2 aromatic heterocycles. The van der Waals surface area contributed by atoms with E-state index in [2.05, 4.69) is 37.4 Å².